The number of oxime groups is 1. The molecule has 0 heterocycles. The van der Waals surface area contributed by atoms with Crippen LogP contribution >= 0.6 is 0 Å². The lowest BCUT2D eigenvalue weighted by Gasteiger charge is -2.30. The van der Waals surface area contributed by atoms with E-state index in [2.05, 4.69) is 41.6 Å². The van der Waals surface area contributed by atoms with Crippen LogP contribution in [0.25, 0.3) is 0 Å². The van der Waals surface area contributed by atoms with Crippen LogP contribution in [0, 0.1) is 0 Å². The third-order valence-corrected chi connectivity index (χ3v) is 8.19. The molecule has 0 N–H and O–H groups in total. The number of carbonyl (C=O) groups is 1. The number of hydrogen-bond donors (Lipinski definition) is 0. The average molecular weight is 374 g/mol. The van der Waals surface area contributed by atoms with Gasteiger partial charge in [0.1, 0.15) is 5.78 Å². The zero-order chi connectivity index (χ0) is 19.1. The van der Waals surface area contributed by atoms with E-state index < -0.39 is 8.32 Å². The lowest BCUT2D eigenvalue weighted by Crippen LogP contribution is -2.68. The summed E-state index contributed by atoms with van der Waals surface area (Å²) in [6, 6.07) is 30.8. The first kappa shape index (κ1) is 18.8. The summed E-state index contributed by atoms with van der Waals surface area (Å²) in [5.41, 5.74) is 0.683. The number of carbonyl (C=O) groups excluding carboxylic acids is 1. The fourth-order valence-corrected chi connectivity index (χ4v) is 6.81. The molecule has 0 saturated carbocycles. The van der Waals surface area contributed by atoms with Gasteiger partial charge in [-0.1, -0.05) is 91.0 Å². The highest BCUT2D eigenvalue weighted by Gasteiger charge is 2.44. The number of benzene rings is 3. The Balaban J connectivity index is 2.21. The number of Topliss-reactive ketones (excluding diaryl/α,β-unsaturated/α-hetero) is 1. The Morgan fingerprint density at radius 2 is 1.11 bits per heavy atom. The van der Waals surface area contributed by atoms with Crippen molar-refractivity contribution in [1.82, 2.24) is 0 Å². The Morgan fingerprint density at radius 3 is 1.44 bits per heavy atom. The van der Waals surface area contributed by atoms with E-state index in [1.807, 2.05) is 61.5 Å². The van der Waals surface area contributed by atoms with Gasteiger partial charge in [0.25, 0.3) is 0 Å². The highest BCUT2D eigenvalue weighted by atomic mass is 28.4. The number of nitrogens with zero attached hydrogens (tertiary/aromatic N) is 1. The van der Waals surface area contributed by atoms with E-state index in [1.54, 1.807) is 6.92 Å². The third-order valence-electron chi connectivity index (χ3n) is 4.38. The van der Waals surface area contributed by atoms with E-state index in [0.717, 1.165) is 15.6 Å². The first-order valence-corrected chi connectivity index (χ1v) is 10.9. The van der Waals surface area contributed by atoms with Crippen molar-refractivity contribution in [2.75, 3.05) is 0 Å². The van der Waals surface area contributed by atoms with Crippen molar-refractivity contribution in [3.05, 3.63) is 91.0 Å². The fraction of sp³-hybridized carbons (Fsp3) is 0.130. The zero-order valence-electron chi connectivity index (χ0n) is 15.6. The number of rotatable bonds is 7. The molecule has 0 aromatic heterocycles. The molecule has 0 unspecified atom stereocenters. The van der Waals surface area contributed by atoms with Gasteiger partial charge >= 0.3 is 8.32 Å². The van der Waals surface area contributed by atoms with Crippen LogP contribution in [0.3, 0.4) is 0 Å². The molecule has 4 heteroatoms. The van der Waals surface area contributed by atoms with Crippen LogP contribution in [0.1, 0.15) is 20.3 Å². The van der Waals surface area contributed by atoms with Crippen LogP contribution in [0.5, 0.6) is 0 Å². The van der Waals surface area contributed by atoms with Gasteiger partial charge in [-0.05, 0) is 29.4 Å². The van der Waals surface area contributed by atoms with Gasteiger partial charge in [-0.15, -0.1) is 5.16 Å². The largest absolute Gasteiger partial charge is 0.438 e. The van der Waals surface area contributed by atoms with Gasteiger partial charge in [0.15, 0.2) is 0 Å². The summed E-state index contributed by atoms with van der Waals surface area (Å²) in [7, 11) is -2.84. The minimum Gasteiger partial charge on any atom is -0.438 e. The molecule has 27 heavy (non-hydrogen) atoms. The molecule has 0 bridgehead atoms. The summed E-state index contributed by atoms with van der Waals surface area (Å²) in [6.45, 7) is 3.40. The maximum absolute atomic E-state index is 11.5. The Kier molecular flexibility index (Phi) is 5.99. The Bertz CT molecular complexity index is 812. The summed E-state index contributed by atoms with van der Waals surface area (Å²) in [5.74, 6) is 0.0752. The van der Waals surface area contributed by atoms with Crippen molar-refractivity contribution in [2.24, 2.45) is 5.16 Å². The second-order valence-corrected chi connectivity index (χ2v) is 9.85. The normalized spacial score (nSPS) is 11.9. The molecule has 3 rings (SSSR count). The van der Waals surface area contributed by atoms with E-state index in [0.29, 0.717) is 12.1 Å². The highest BCUT2D eigenvalue weighted by Crippen LogP contribution is 2.11. The standard InChI is InChI=1S/C23H23NO2Si/c1-19(18-20(2)25)24-26-27(21-12-6-3-7-13-21,22-14-8-4-9-15-22)23-16-10-5-11-17-23/h3-17H,18H2,1-2H3/b24-19+. The first-order valence-electron chi connectivity index (χ1n) is 9.00. The molecular formula is C23H23NO2Si. The highest BCUT2D eigenvalue weighted by molar-refractivity contribution is 7.07. The smallest absolute Gasteiger partial charge is 0.380 e. The summed E-state index contributed by atoms with van der Waals surface area (Å²) in [6.07, 6.45) is 0.294. The molecule has 3 aromatic rings. The molecule has 0 radical (unpaired) electrons. The second kappa shape index (κ2) is 8.60. The molecule has 0 spiro atoms. The van der Waals surface area contributed by atoms with Crippen LogP contribution in [-0.4, -0.2) is 19.8 Å². The first-order chi connectivity index (χ1) is 13.1. The topological polar surface area (TPSA) is 38.7 Å². The van der Waals surface area contributed by atoms with Gasteiger partial charge in [-0.25, -0.2) is 0 Å². The van der Waals surface area contributed by atoms with E-state index in [-0.39, 0.29) is 5.78 Å². The summed E-state index contributed by atoms with van der Waals surface area (Å²) in [5, 5.41) is 7.76. The van der Waals surface area contributed by atoms with Crippen molar-refractivity contribution in [2.45, 2.75) is 20.3 Å². The van der Waals surface area contributed by atoms with Crippen LogP contribution in [-0.2, 0) is 9.32 Å². The van der Waals surface area contributed by atoms with Gasteiger partial charge < -0.3 is 4.53 Å². The molecule has 0 aliphatic heterocycles. The quantitative estimate of drug-likeness (QED) is 0.276. The van der Waals surface area contributed by atoms with Crippen LogP contribution < -0.4 is 15.6 Å². The van der Waals surface area contributed by atoms with Gasteiger partial charge in [-0.3, -0.25) is 4.79 Å². The van der Waals surface area contributed by atoms with Crippen LogP contribution in [0.15, 0.2) is 96.2 Å². The molecule has 136 valence electrons. The van der Waals surface area contributed by atoms with Crippen LogP contribution in [0.2, 0.25) is 0 Å². The van der Waals surface area contributed by atoms with Gasteiger partial charge in [0, 0.05) is 6.42 Å². The fourth-order valence-electron chi connectivity index (χ4n) is 3.22. The molecular weight excluding hydrogens is 350 g/mol. The second-order valence-electron chi connectivity index (χ2n) is 6.58. The minimum absolute atomic E-state index is 0.0752. The van der Waals surface area contributed by atoms with Crippen molar-refractivity contribution >= 4 is 35.4 Å². The van der Waals surface area contributed by atoms with Gasteiger partial charge in [-0.2, -0.15) is 0 Å². The zero-order valence-corrected chi connectivity index (χ0v) is 16.6. The summed E-state index contributed by atoms with van der Waals surface area (Å²) >= 11 is 0. The SMILES string of the molecule is CC(=O)C/C(C)=N/O[Si](c1ccccc1)(c1ccccc1)c1ccccc1. The van der Waals surface area contributed by atoms with Crippen molar-refractivity contribution in [3.8, 4) is 0 Å². The molecule has 0 aliphatic rings. The molecule has 0 amide bonds. The van der Waals surface area contributed by atoms with Crippen molar-refractivity contribution in [3.63, 3.8) is 0 Å². The van der Waals surface area contributed by atoms with E-state index in [4.69, 9.17) is 4.53 Å². The minimum atomic E-state index is -2.84. The Labute approximate surface area is 161 Å². The maximum atomic E-state index is 11.5. The molecule has 0 atom stereocenters. The Morgan fingerprint density at radius 1 is 0.741 bits per heavy atom. The van der Waals surface area contributed by atoms with E-state index in [9.17, 15) is 4.79 Å². The average Bonchev–Trinajstić information content (AvgIpc) is 2.70. The monoisotopic (exact) mass is 373 g/mol. The molecule has 0 aliphatic carbocycles. The summed E-state index contributed by atoms with van der Waals surface area (Å²) < 4.78 is 6.43. The lowest BCUT2D eigenvalue weighted by atomic mass is 10.2. The number of ketones is 1. The summed E-state index contributed by atoms with van der Waals surface area (Å²) in [4.78, 5) is 11.5. The molecule has 0 saturated heterocycles. The van der Waals surface area contributed by atoms with Crippen molar-refractivity contribution in [1.29, 1.82) is 0 Å². The number of hydrogen-bond acceptors (Lipinski definition) is 3. The molecule has 3 aromatic carbocycles. The van der Waals surface area contributed by atoms with E-state index >= 15 is 0 Å². The lowest BCUT2D eigenvalue weighted by molar-refractivity contribution is -0.115. The third kappa shape index (κ3) is 4.23. The Hall–Kier alpha value is -2.98. The van der Waals surface area contributed by atoms with Crippen molar-refractivity contribution < 1.29 is 9.32 Å². The predicted molar refractivity (Wildman–Crippen MR) is 113 cm³/mol. The van der Waals surface area contributed by atoms with Gasteiger partial charge in [0.05, 0.1) is 5.71 Å². The van der Waals surface area contributed by atoms with E-state index in [1.165, 1.54) is 0 Å². The maximum Gasteiger partial charge on any atom is 0.380 e. The van der Waals surface area contributed by atoms with Gasteiger partial charge in [0.2, 0.25) is 0 Å². The van der Waals surface area contributed by atoms with Crippen LogP contribution in [0.4, 0.5) is 0 Å². The molecule has 0 fully saturated rings. The predicted octanol–water partition coefficient (Wildman–Crippen LogP) is 3.03. The molecule has 3 nitrogen and oxygen atoms in total.